The molecule has 0 radical (unpaired) electrons. The highest BCUT2D eigenvalue weighted by Gasteiger charge is 2.30. The third-order valence-corrected chi connectivity index (χ3v) is 3.98. The summed E-state index contributed by atoms with van der Waals surface area (Å²) in [5, 5.41) is 8.40. The van der Waals surface area contributed by atoms with Crippen LogP contribution in [-0.4, -0.2) is 14.5 Å². The van der Waals surface area contributed by atoms with Gasteiger partial charge in [0.15, 0.2) is 0 Å². The summed E-state index contributed by atoms with van der Waals surface area (Å²) in [5.41, 5.74) is 1.77. The summed E-state index contributed by atoms with van der Waals surface area (Å²) in [5.74, 6) is 0. The van der Waals surface area contributed by atoms with Crippen LogP contribution in [0.2, 0.25) is 0 Å². The van der Waals surface area contributed by atoms with Crippen molar-refractivity contribution < 1.29 is 8.42 Å². The molecule has 0 spiro atoms. The van der Waals surface area contributed by atoms with Crippen LogP contribution < -0.4 is 15.2 Å². The molecule has 1 aliphatic carbocycles. The molecule has 1 unspecified atom stereocenters. The molecule has 0 bridgehead atoms. The molecule has 2 rings (SSSR count). The van der Waals surface area contributed by atoms with Crippen LogP contribution in [0.25, 0.3) is 0 Å². The predicted octanol–water partition coefficient (Wildman–Crippen LogP) is 2.29. The Labute approximate surface area is 114 Å². The molecular weight excluding hydrogens is 262 g/mol. The minimum atomic E-state index is -3.72. The monoisotopic (exact) mass is 283 g/mol. The maximum atomic E-state index is 11.0. The summed E-state index contributed by atoms with van der Waals surface area (Å²) in [4.78, 5) is 0. The van der Waals surface area contributed by atoms with Crippen LogP contribution in [-0.2, 0) is 10.2 Å². The van der Waals surface area contributed by atoms with Crippen molar-refractivity contribution >= 4 is 21.6 Å². The van der Waals surface area contributed by atoms with Crippen molar-refractivity contribution in [3.05, 3.63) is 24.3 Å². The van der Waals surface area contributed by atoms with E-state index in [9.17, 15) is 8.42 Å². The Bertz CT molecular complexity index is 555. The van der Waals surface area contributed by atoms with Crippen LogP contribution >= 0.6 is 0 Å². The first-order valence-electron chi connectivity index (χ1n) is 6.41. The fourth-order valence-electron chi connectivity index (χ4n) is 2.63. The number of hydrogen-bond donors (Lipinski definition) is 3. The molecule has 106 valence electrons. The topological polar surface area (TPSA) is 84.2 Å². The van der Waals surface area contributed by atoms with Gasteiger partial charge in [0.2, 0.25) is 0 Å². The third-order valence-electron chi connectivity index (χ3n) is 3.46. The Kier molecular flexibility index (Phi) is 3.73. The Balaban J connectivity index is 2.04. The molecule has 1 saturated carbocycles. The molecule has 1 aromatic carbocycles. The van der Waals surface area contributed by atoms with E-state index in [0.717, 1.165) is 18.5 Å². The van der Waals surface area contributed by atoms with Gasteiger partial charge in [0.05, 0.1) is 5.69 Å². The maximum absolute atomic E-state index is 11.0. The lowest BCUT2D eigenvalue weighted by molar-refractivity contribution is 0.378. The Hall–Kier alpha value is -1.27. The number of benzene rings is 1. The molecule has 1 fully saturated rings. The number of nitrogens with two attached hydrogens (primary N) is 1. The molecule has 6 heteroatoms. The van der Waals surface area contributed by atoms with E-state index < -0.39 is 10.2 Å². The lowest BCUT2D eigenvalue weighted by Crippen LogP contribution is -2.22. The van der Waals surface area contributed by atoms with Gasteiger partial charge < -0.3 is 5.32 Å². The van der Waals surface area contributed by atoms with Crippen molar-refractivity contribution in [3.63, 3.8) is 0 Å². The van der Waals surface area contributed by atoms with E-state index in [4.69, 9.17) is 5.14 Å². The van der Waals surface area contributed by atoms with E-state index in [0.29, 0.717) is 17.1 Å². The second-order valence-corrected chi connectivity index (χ2v) is 7.27. The first-order chi connectivity index (χ1) is 8.73. The summed E-state index contributed by atoms with van der Waals surface area (Å²) in [6.45, 7) is 4.54. The zero-order chi connectivity index (χ0) is 14.1. The van der Waals surface area contributed by atoms with E-state index >= 15 is 0 Å². The molecule has 1 aromatic rings. The van der Waals surface area contributed by atoms with Gasteiger partial charge in [-0.2, -0.15) is 8.42 Å². The average Bonchev–Trinajstić information content (AvgIpc) is 2.56. The van der Waals surface area contributed by atoms with E-state index in [2.05, 4.69) is 23.9 Å². The Morgan fingerprint density at radius 2 is 2.00 bits per heavy atom. The molecule has 0 saturated heterocycles. The molecule has 1 atom stereocenters. The molecule has 1 aliphatic rings. The summed E-state index contributed by atoms with van der Waals surface area (Å²) >= 11 is 0. The molecule has 0 aliphatic heterocycles. The van der Waals surface area contributed by atoms with Crippen molar-refractivity contribution in [2.75, 3.05) is 10.0 Å². The van der Waals surface area contributed by atoms with Gasteiger partial charge in [-0.05, 0) is 42.9 Å². The predicted molar refractivity (Wildman–Crippen MR) is 78.2 cm³/mol. The highest BCUT2D eigenvalue weighted by Crippen LogP contribution is 2.38. The number of hydrogen-bond acceptors (Lipinski definition) is 3. The van der Waals surface area contributed by atoms with E-state index in [1.807, 2.05) is 6.07 Å². The number of nitrogens with one attached hydrogen (secondary N) is 2. The number of rotatable bonds is 4. The van der Waals surface area contributed by atoms with Crippen molar-refractivity contribution in [2.24, 2.45) is 10.6 Å². The fraction of sp³-hybridized carbons (Fsp3) is 0.538. The maximum Gasteiger partial charge on any atom is 0.296 e. The summed E-state index contributed by atoms with van der Waals surface area (Å²) < 4.78 is 24.2. The van der Waals surface area contributed by atoms with Crippen LogP contribution in [0.3, 0.4) is 0 Å². The highest BCUT2D eigenvalue weighted by molar-refractivity contribution is 7.90. The van der Waals surface area contributed by atoms with Gasteiger partial charge in [0.25, 0.3) is 10.2 Å². The van der Waals surface area contributed by atoms with Gasteiger partial charge >= 0.3 is 0 Å². The van der Waals surface area contributed by atoms with Crippen molar-refractivity contribution in [1.82, 2.24) is 0 Å². The van der Waals surface area contributed by atoms with Gasteiger partial charge in [0, 0.05) is 11.7 Å². The van der Waals surface area contributed by atoms with Crippen LogP contribution in [0.15, 0.2) is 24.3 Å². The lowest BCUT2D eigenvalue weighted by atomic mass is 9.92. The highest BCUT2D eigenvalue weighted by atomic mass is 32.2. The SMILES string of the molecule is CC1(C)CCC(Nc2cccc(NS(N)(=O)=O)c2)C1. The first kappa shape index (κ1) is 14.1. The largest absolute Gasteiger partial charge is 0.382 e. The van der Waals surface area contributed by atoms with Crippen LogP contribution in [0.1, 0.15) is 33.1 Å². The fourth-order valence-corrected chi connectivity index (χ4v) is 3.09. The molecule has 0 heterocycles. The molecular formula is C13H21N3O2S. The Morgan fingerprint density at radius 3 is 2.58 bits per heavy atom. The molecule has 0 aromatic heterocycles. The second-order valence-electron chi connectivity index (χ2n) is 5.98. The summed E-state index contributed by atoms with van der Waals surface area (Å²) in [6.07, 6.45) is 3.47. The molecule has 4 N–H and O–H groups in total. The van der Waals surface area contributed by atoms with Gasteiger partial charge in [-0.25, -0.2) is 5.14 Å². The minimum absolute atomic E-state index is 0.383. The van der Waals surface area contributed by atoms with Crippen molar-refractivity contribution in [3.8, 4) is 0 Å². The number of anilines is 2. The van der Waals surface area contributed by atoms with Crippen LogP contribution in [0.5, 0.6) is 0 Å². The molecule has 19 heavy (non-hydrogen) atoms. The van der Waals surface area contributed by atoms with Gasteiger partial charge in [-0.15, -0.1) is 0 Å². The van der Waals surface area contributed by atoms with Gasteiger partial charge in [-0.1, -0.05) is 19.9 Å². The van der Waals surface area contributed by atoms with Gasteiger partial charge in [0.1, 0.15) is 0 Å². The average molecular weight is 283 g/mol. The lowest BCUT2D eigenvalue weighted by Gasteiger charge is -2.19. The normalized spacial score (nSPS) is 22.2. The van der Waals surface area contributed by atoms with Crippen molar-refractivity contribution in [1.29, 1.82) is 0 Å². The van der Waals surface area contributed by atoms with Crippen LogP contribution in [0, 0.1) is 5.41 Å². The van der Waals surface area contributed by atoms with E-state index in [-0.39, 0.29) is 0 Å². The van der Waals surface area contributed by atoms with Crippen molar-refractivity contribution in [2.45, 2.75) is 39.2 Å². The quantitative estimate of drug-likeness (QED) is 0.792. The van der Waals surface area contributed by atoms with Gasteiger partial charge in [-0.3, -0.25) is 4.72 Å². The zero-order valence-electron chi connectivity index (χ0n) is 11.3. The van der Waals surface area contributed by atoms with E-state index in [1.54, 1.807) is 18.2 Å². The third kappa shape index (κ3) is 4.40. The first-order valence-corrected chi connectivity index (χ1v) is 7.95. The smallest absolute Gasteiger partial charge is 0.296 e. The standard InChI is InChI=1S/C13H21N3O2S/c1-13(2)7-6-12(9-13)15-10-4-3-5-11(8-10)16-19(14,17)18/h3-5,8,12,15-16H,6-7,9H2,1-2H3,(H2,14,17,18). The summed E-state index contributed by atoms with van der Waals surface area (Å²) in [6, 6.07) is 7.61. The second kappa shape index (κ2) is 5.02. The molecule has 5 nitrogen and oxygen atoms in total. The van der Waals surface area contributed by atoms with Crippen LogP contribution in [0.4, 0.5) is 11.4 Å². The summed E-state index contributed by atoms with van der Waals surface area (Å²) in [7, 11) is -3.72. The van der Waals surface area contributed by atoms with E-state index in [1.165, 1.54) is 6.42 Å². The zero-order valence-corrected chi connectivity index (χ0v) is 12.1. The minimum Gasteiger partial charge on any atom is -0.382 e. The Morgan fingerprint density at radius 1 is 1.32 bits per heavy atom. The molecule has 0 amide bonds.